The maximum Gasteiger partial charge on any atom is 0.322 e. The second-order valence-electron chi connectivity index (χ2n) is 8.84. The summed E-state index contributed by atoms with van der Waals surface area (Å²) >= 11 is 0. The molecule has 0 spiro atoms. The van der Waals surface area contributed by atoms with Gasteiger partial charge in [-0.25, -0.2) is 9.78 Å². The Morgan fingerprint density at radius 1 is 0.944 bits per heavy atom. The molecule has 9 nitrogen and oxygen atoms in total. The van der Waals surface area contributed by atoms with Crippen molar-refractivity contribution in [2.75, 3.05) is 17.2 Å². The second-order valence-corrected chi connectivity index (χ2v) is 8.84. The van der Waals surface area contributed by atoms with Crippen LogP contribution in [0.25, 0.3) is 11.1 Å². The predicted molar refractivity (Wildman–Crippen MR) is 138 cm³/mol. The number of likely N-dealkylation sites (tertiary alicyclic amines) is 1. The first-order valence-corrected chi connectivity index (χ1v) is 11.6. The summed E-state index contributed by atoms with van der Waals surface area (Å²) in [5, 5.41) is 16.6. The number of benzene rings is 2. The van der Waals surface area contributed by atoms with Gasteiger partial charge in [-0.3, -0.25) is 4.79 Å². The Balaban J connectivity index is 0.00000361. The van der Waals surface area contributed by atoms with Gasteiger partial charge in [-0.15, -0.1) is 0 Å². The largest absolute Gasteiger partial charge is 0.545 e. The highest BCUT2D eigenvalue weighted by atomic mass is 16.4. The van der Waals surface area contributed by atoms with Crippen LogP contribution in [0.15, 0.2) is 66.9 Å². The lowest BCUT2D eigenvalue weighted by atomic mass is 10.0. The molecule has 2 aromatic carbocycles. The number of anilines is 2. The van der Waals surface area contributed by atoms with E-state index in [0.717, 1.165) is 17.5 Å². The van der Waals surface area contributed by atoms with Gasteiger partial charge >= 0.3 is 6.03 Å². The Hall–Kier alpha value is -4.24. The van der Waals surface area contributed by atoms with Crippen molar-refractivity contribution in [3.63, 3.8) is 0 Å². The van der Waals surface area contributed by atoms with Gasteiger partial charge in [0.15, 0.2) is 0 Å². The van der Waals surface area contributed by atoms with E-state index in [1.54, 1.807) is 35.4 Å². The van der Waals surface area contributed by atoms with E-state index in [0.29, 0.717) is 30.4 Å². The lowest BCUT2D eigenvalue weighted by Crippen LogP contribution is -2.45. The first-order chi connectivity index (χ1) is 16.8. The topological polar surface area (TPSA) is 151 Å². The van der Waals surface area contributed by atoms with Crippen LogP contribution in [-0.2, 0) is 4.79 Å². The van der Waals surface area contributed by atoms with Crippen molar-refractivity contribution in [2.24, 2.45) is 0 Å². The summed E-state index contributed by atoms with van der Waals surface area (Å²) in [6.45, 7) is 4.72. The van der Waals surface area contributed by atoms with Crippen molar-refractivity contribution >= 4 is 29.4 Å². The number of carboxylic acid groups (broad SMARTS) is 1. The lowest BCUT2D eigenvalue weighted by Gasteiger charge is -2.24. The highest BCUT2D eigenvalue weighted by Crippen LogP contribution is 2.23. The van der Waals surface area contributed by atoms with E-state index in [1.807, 2.05) is 24.3 Å². The Bertz CT molecular complexity index is 1210. The van der Waals surface area contributed by atoms with Gasteiger partial charge in [0.25, 0.3) is 0 Å². The minimum absolute atomic E-state index is 0. The van der Waals surface area contributed by atoms with Crippen LogP contribution in [0.3, 0.4) is 0 Å². The minimum atomic E-state index is -1.23. The zero-order valence-corrected chi connectivity index (χ0v) is 20.7. The third-order valence-corrected chi connectivity index (χ3v) is 6.11. The summed E-state index contributed by atoms with van der Waals surface area (Å²) in [7, 11) is 0. The molecule has 3 aromatic rings. The molecule has 1 saturated heterocycles. The normalized spacial score (nSPS) is 14.8. The molecule has 6 N–H and O–H groups in total. The fourth-order valence-corrected chi connectivity index (χ4v) is 4.08. The molecular weight excluding hydrogens is 458 g/mol. The van der Waals surface area contributed by atoms with Crippen LogP contribution in [0.1, 0.15) is 48.5 Å². The monoisotopic (exact) mass is 489 g/mol. The summed E-state index contributed by atoms with van der Waals surface area (Å²) in [5.41, 5.74) is 3.55. The number of quaternary nitrogens is 1. The summed E-state index contributed by atoms with van der Waals surface area (Å²) in [5.74, 6) is -0.733. The van der Waals surface area contributed by atoms with Crippen LogP contribution < -0.4 is 21.9 Å². The average molecular weight is 490 g/mol. The third kappa shape index (κ3) is 6.05. The Morgan fingerprint density at radius 3 is 2.19 bits per heavy atom. The van der Waals surface area contributed by atoms with Crippen LogP contribution in [-0.4, -0.2) is 40.4 Å². The Labute approximate surface area is 210 Å². The molecule has 9 heteroatoms. The lowest BCUT2D eigenvalue weighted by molar-refractivity contribution is -0.255. The van der Waals surface area contributed by atoms with Crippen molar-refractivity contribution in [1.82, 2.24) is 16.0 Å². The van der Waals surface area contributed by atoms with Crippen molar-refractivity contribution in [1.29, 1.82) is 0 Å². The molecule has 1 aromatic heterocycles. The maximum absolute atomic E-state index is 12.9. The molecule has 4 rings (SSSR count). The maximum atomic E-state index is 12.9. The van der Waals surface area contributed by atoms with Gasteiger partial charge in [0.05, 0.1) is 5.97 Å². The van der Waals surface area contributed by atoms with Gasteiger partial charge in [-0.2, -0.15) is 0 Å². The number of aromatic carboxylic acids is 1. The van der Waals surface area contributed by atoms with E-state index in [9.17, 15) is 19.5 Å². The molecule has 0 radical (unpaired) electrons. The summed E-state index contributed by atoms with van der Waals surface area (Å²) < 4.78 is 0. The number of carboxylic acids is 1. The number of urea groups is 1. The third-order valence-electron chi connectivity index (χ3n) is 6.11. The van der Waals surface area contributed by atoms with E-state index < -0.39 is 12.0 Å². The van der Waals surface area contributed by atoms with Gasteiger partial charge in [0, 0.05) is 24.0 Å². The predicted octanol–water partition coefficient (Wildman–Crippen LogP) is 4.25. The first-order valence-electron chi connectivity index (χ1n) is 11.6. The smallest absolute Gasteiger partial charge is 0.322 e. The number of hydrogen-bond donors (Lipinski definition) is 3. The van der Waals surface area contributed by atoms with Gasteiger partial charge < -0.3 is 31.6 Å². The Morgan fingerprint density at radius 2 is 1.61 bits per heavy atom. The molecule has 0 bridgehead atoms. The van der Waals surface area contributed by atoms with Crippen LogP contribution in [0.4, 0.5) is 16.3 Å². The zero-order chi connectivity index (χ0) is 24.9. The molecule has 2 heterocycles. The van der Waals surface area contributed by atoms with E-state index >= 15 is 0 Å². The van der Waals surface area contributed by atoms with Crippen LogP contribution in [0.5, 0.6) is 0 Å². The average Bonchev–Trinajstić information content (AvgIpc) is 3.35. The van der Waals surface area contributed by atoms with Gasteiger partial charge in [0.1, 0.15) is 11.9 Å². The van der Waals surface area contributed by atoms with Gasteiger partial charge in [-0.1, -0.05) is 50.2 Å². The van der Waals surface area contributed by atoms with Crippen molar-refractivity contribution < 1.29 is 19.5 Å². The van der Waals surface area contributed by atoms with E-state index in [-0.39, 0.29) is 23.7 Å². The minimum Gasteiger partial charge on any atom is -0.545 e. The number of amides is 3. The summed E-state index contributed by atoms with van der Waals surface area (Å²) in [6, 6.07) is 16.6. The quantitative estimate of drug-likeness (QED) is 0.473. The molecule has 36 heavy (non-hydrogen) atoms. The van der Waals surface area contributed by atoms with E-state index in [2.05, 4.69) is 29.5 Å². The fraction of sp³-hybridized carbons (Fsp3) is 0.259. The molecule has 188 valence electrons. The summed E-state index contributed by atoms with van der Waals surface area (Å²) in [6.07, 6.45) is 2.92. The zero-order valence-electron chi connectivity index (χ0n) is 20.7. The SMILES string of the molecule is CC(C)c1ccc(NC(=O)N2CCC[C@@H]2C(=O)Nc2ccc(-c3ccc(C(=O)[O-])cc3)cn2)cc1.[NH4+]. The summed E-state index contributed by atoms with van der Waals surface area (Å²) in [4.78, 5) is 42.5. The van der Waals surface area contributed by atoms with E-state index in [1.165, 1.54) is 17.7 Å². The number of carbonyl (C=O) groups is 3. The van der Waals surface area contributed by atoms with Crippen molar-refractivity contribution in [3.05, 3.63) is 78.0 Å². The number of pyridine rings is 1. The van der Waals surface area contributed by atoms with Gasteiger partial charge in [-0.05, 0) is 59.7 Å². The highest BCUT2D eigenvalue weighted by Gasteiger charge is 2.34. The van der Waals surface area contributed by atoms with Crippen LogP contribution in [0, 0.1) is 0 Å². The number of aromatic nitrogens is 1. The molecule has 0 unspecified atom stereocenters. The molecule has 0 aliphatic carbocycles. The number of nitrogens with one attached hydrogen (secondary N) is 2. The van der Waals surface area contributed by atoms with Crippen molar-refractivity contribution in [3.8, 4) is 11.1 Å². The molecule has 1 fully saturated rings. The number of hydrogen-bond acceptors (Lipinski definition) is 5. The van der Waals surface area contributed by atoms with Crippen LogP contribution in [0.2, 0.25) is 0 Å². The number of carbonyl (C=O) groups excluding carboxylic acids is 3. The number of nitrogens with zero attached hydrogens (tertiary/aromatic N) is 2. The second kappa shape index (κ2) is 11.5. The molecule has 3 amide bonds. The molecular formula is C27H31N5O4. The first kappa shape index (κ1) is 26.4. The fourth-order valence-electron chi connectivity index (χ4n) is 4.08. The molecule has 1 aliphatic heterocycles. The van der Waals surface area contributed by atoms with Crippen molar-refractivity contribution in [2.45, 2.75) is 38.6 Å². The Kier molecular flexibility index (Phi) is 8.39. The molecule has 0 saturated carbocycles. The van der Waals surface area contributed by atoms with Gasteiger partial charge in [0.2, 0.25) is 5.91 Å². The molecule has 1 atom stereocenters. The van der Waals surface area contributed by atoms with Crippen LogP contribution >= 0.6 is 0 Å². The standard InChI is InChI=1S/C27H28N4O4.H3N/c1-17(2)18-9-12-22(13-10-18)29-27(35)31-15-3-4-23(31)25(32)30-24-14-11-21(16-28-24)19-5-7-20(8-6-19)26(33)34;/h5-14,16-17,23H,3-4,15H2,1-2H3,(H,29,35)(H,33,34)(H,28,30,32);1H3/t23-;/m1./s1. The molecule has 1 aliphatic rings. The van der Waals surface area contributed by atoms with E-state index in [4.69, 9.17) is 0 Å². The highest BCUT2D eigenvalue weighted by molar-refractivity contribution is 5.99. The number of rotatable bonds is 6.